The Morgan fingerprint density at radius 1 is 1.15 bits per heavy atom. The fourth-order valence-corrected chi connectivity index (χ4v) is 2.31. The van der Waals surface area contributed by atoms with Gasteiger partial charge in [0, 0.05) is 20.5 Å². The molecule has 0 saturated heterocycles. The largest absolute Gasteiger partial charge is 0.268 e. The number of hydrogen-bond donors (Lipinski definition) is 0. The lowest BCUT2D eigenvalue weighted by molar-refractivity contribution is 1.23. The van der Waals surface area contributed by atoms with Gasteiger partial charge in [-0.25, -0.2) is 0 Å². The third kappa shape index (κ3) is 1.61. The number of halogens is 2. The minimum absolute atomic E-state index is 0.0524. The molecule has 0 N–H and O–H groups in total. The van der Waals surface area contributed by atoms with Crippen LogP contribution in [0.15, 0.2) is 35.3 Å². The highest BCUT2D eigenvalue weighted by molar-refractivity contribution is 14.1. The molecule has 1 aromatic heterocycles. The van der Waals surface area contributed by atoms with Gasteiger partial charge in [-0.15, -0.1) is 0 Å². The van der Waals surface area contributed by atoms with Gasteiger partial charge < -0.3 is 0 Å². The molecular formula is C9H5I2NO. The molecule has 2 rings (SSSR count). The Labute approximate surface area is 103 Å². The summed E-state index contributed by atoms with van der Waals surface area (Å²) in [5.74, 6) is 0. The summed E-state index contributed by atoms with van der Waals surface area (Å²) in [6.07, 6.45) is 1.79. The fraction of sp³-hybridized carbons (Fsp3) is 0. The van der Waals surface area contributed by atoms with Gasteiger partial charge in [0.05, 0.1) is 22.9 Å². The first-order valence-electron chi connectivity index (χ1n) is 3.66. The van der Waals surface area contributed by atoms with Crippen LogP contribution >= 0.6 is 45.5 Å². The number of pyridine rings is 1. The molecule has 0 radical (unpaired) electrons. The van der Waals surface area contributed by atoms with Crippen LogP contribution in [0.1, 0.15) is 0 Å². The monoisotopic (exact) mass is 397 g/mol. The van der Waals surface area contributed by atoms with Crippen molar-refractivity contribution in [3.05, 3.63) is 44.4 Å². The molecule has 0 aliphatic heterocycles. The highest BCUT2D eigenvalue weighted by atomic mass is 127. The molecule has 4 heteroatoms. The predicted octanol–water partition coefficient (Wildman–Crippen LogP) is 2.80. The van der Waals surface area contributed by atoms with E-state index in [1.165, 1.54) is 0 Å². The van der Waals surface area contributed by atoms with Crippen LogP contribution in [0.25, 0.3) is 10.8 Å². The van der Waals surface area contributed by atoms with Gasteiger partial charge >= 0.3 is 0 Å². The number of hydrogen-bond acceptors (Lipinski definition) is 1. The van der Waals surface area contributed by atoms with E-state index in [1.807, 2.05) is 47.1 Å². The Balaban J connectivity index is 3.03. The van der Waals surface area contributed by atoms with Crippen LogP contribution in [0.3, 0.4) is 0 Å². The second-order valence-corrected chi connectivity index (χ2v) is 4.83. The number of benzene rings is 1. The summed E-state index contributed by atoms with van der Waals surface area (Å²) in [5, 5.41) is 1.81. The molecule has 66 valence electrons. The van der Waals surface area contributed by atoms with E-state index in [2.05, 4.69) is 22.6 Å². The smallest absolute Gasteiger partial charge is 0.267 e. The van der Waals surface area contributed by atoms with E-state index >= 15 is 0 Å². The Morgan fingerprint density at radius 3 is 2.69 bits per heavy atom. The van der Waals surface area contributed by atoms with Crippen LogP contribution in [-0.4, -0.2) is 2.78 Å². The maximum atomic E-state index is 11.6. The lowest BCUT2D eigenvalue weighted by atomic mass is 10.2. The predicted molar refractivity (Wildman–Crippen MR) is 70.3 cm³/mol. The Hall–Kier alpha value is -0.110. The summed E-state index contributed by atoms with van der Waals surface area (Å²) in [5.41, 5.74) is 0.0524. The quantitative estimate of drug-likeness (QED) is 0.627. The number of nitrogens with zero attached hydrogens (tertiary/aromatic N) is 1. The van der Waals surface area contributed by atoms with E-state index in [1.54, 1.807) is 8.98 Å². The summed E-state index contributed by atoms with van der Waals surface area (Å²) in [6, 6.07) is 7.72. The van der Waals surface area contributed by atoms with Crippen LogP contribution in [-0.2, 0) is 0 Å². The molecule has 2 nitrogen and oxygen atoms in total. The molecule has 0 bridgehead atoms. The fourth-order valence-electron chi connectivity index (χ4n) is 1.22. The van der Waals surface area contributed by atoms with Crippen molar-refractivity contribution in [1.82, 2.24) is 2.78 Å². The maximum absolute atomic E-state index is 11.6. The van der Waals surface area contributed by atoms with Crippen molar-refractivity contribution in [2.24, 2.45) is 0 Å². The second-order valence-electron chi connectivity index (χ2n) is 2.63. The van der Waals surface area contributed by atoms with E-state index in [0.29, 0.717) is 0 Å². The third-order valence-electron chi connectivity index (χ3n) is 1.85. The third-order valence-corrected chi connectivity index (χ3v) is 3.55. The van der Waals surface area contributed by atoms with Gasteiger partial charge in [0.2, 0.25) is 0 Å². The van der Waals surface area contributed by atoms with Crippen LogP contribution in [0, 0.1) is 3.57 Å². The van der Waals surface area contributed by atoms with Crippen molar-refractivity contribution in [2.75, 3.05) is 0 Å². The van der Waals surface area contributed by atoms with Crippen molar-refractivity contribution in [3.8, 4) is 0 Å². The molecule has 1 heterocycles. The molecule has 2 aromatic rings. The average molecular weight is 397 g/mol. The first-order valence-corrected chi connectivity index (χ1v) is 5.70. The molecule has 0 aliphatic carbocycles. The normalized spacial score (nSPS) is 10.6. The highest BCUT2D eigenvalue weighted by Crippen LogP contribution is 2.17. The summed E-state index contributed by atoms with van der Waals surface area (Å²) in [4.78, 5) is 11.6. The first kappa shape index (κ1) is 9.45. The lowest BCUT2D eigenvalue weighted by Gasteiger charge is -2.00. The standard InChI is InChI=1S/C9H5I2NO/c10-8-3-1-2-7-6(8)4-5-12(11)9(7)13/h1-5H. The molecule has 13 heavy (non-hydrogen) atoms. The number of rotatable bonds is 0. The molecule has 0 atom stereocenters. The van der Waals surface area contributed by atoms with Crippen molar-refractivity contribution < 1.29 is 0 Å². The van der Waals surface area contributed by atoms with Gasteiger partial charge in [-0.1, -0.05) is 6.07 Å². The van der Waals surface area contributed by atoms with Crippen molar-refractivity contribution in [1.29, 1.82) is 0 Å². The van der Waals surface area contributed by atoms with E-state index < -0.39 is 0 Å². The van der Waals surface area contributed by atoms with E-state index in [4.69, 9.17) is 0 Å². The topological polar surface area (TPSA) is 22.0 Å². The van der Waals surface area contributed by atoms with Gasteiger partial charge in [-0.05, 0) is 40.8 Å². The van der Waals surface area contributed by atoms with Gasteiger partial charge in [0.15, 0.2) is 0 Å². The van der Waals surface area contributed by atoms with Crippen molar-refractivity contribution >= 4 is 56.2 Å². The summed E-state index contributed by atoms with van der Waals surface area (Å²) >= 11 is 4.22. The Kier molecular flexibility index (Phi) is 2.59. The van der Waals surface area contributed by atoms with Crippen LogP contribution in [0.5, 0.6) is 0 Å². The zero-order chi connectivity index (χ0) is 9.42. The van der Waals surface area contributed by atoms with Gasteiger partial charge in [-0.3, -0.25) is 7.58 Å². The number of aromatic nitrogens is 1. The molecule has 0 aliphatic rings. The zero-order valence-electron chi connectivity index (χ0n) is 6.50. The van der Waals surface area contributed by atoms with Crippen LogP contribution in [0.2, 0.25) is 0 Å². The second kappa shape index (κ2) is 3.56. The molecular weight excluding hydrogens is 392 g/mol. The minimum Gasteiger partial charge on any atom is -0.268 e. The molecule has 0 amide bonds. The molecule has 0 fully saturated rings. The maximum Gasteiger partial charge on any atom is 0.267 e. The van der Waals surface area contributed by atoms with E-state index in [0.717, 1.165) is 14.3 Å². The van der Waals surface area contributed by atoms with Crippen molar-refractivity contribution in [3.63, 3.8) is 0 Å². The summed E-state index contributed by atoms with van der Waals surface area (Å²) < 4.78 is 2.68. The number of fused-ring (bicyclic) bond motifs is 1. The van der Waals surface area contributed by atoms with E-state index in [9.17, 15) is 4.79 Å². The zero-order valence-corrected chi connectivity index (χ0v) is 10.8. The van der Waals surface area contributed by atoms with Gasteiger partial charge in [-0.2, -0.15) is 0 Å². The SMILES string of the molecule is O=c1c2cccc(I)c2ccn1I. The lowest BCUT2D eigenvalue weighted by Crippen LogP contribution is -2.11. The van der Waals surface area contributed by atoms with Crippen LogP contribution < -0.4 is 5.56 Å². The summed E-state index contributed by atoms with van der Waals surface area (Å²) in [6.45, 7) is 0. The molecule has 0 saturated carbocycles. The van der Waals surface area contributed by atoms with E-state index in [-0.39, 0.29) is 5.56 Å². The average Bonchev–Trinajstić information content (AvgIpc) is 2.12. The Morgan fingerprint density at radius 2 is 1.92 bits per heavy atom. The molecule has 1 aromatic carbocycles. The molecule has 0 unspecified atom stereocenters. The van der Waals surface area contributed by atoms with Gasteiger partial charge in [0.1, 0.15) is 0 Å². The summed E-state index contributed by atoms with van der Waals surface area (Å²) in [7, 11) is 0. The Bertz CT molecular complexity index is 518. The van der Waals surface area contributed by atoms with Crippen LogP contribution in [0.4, 0.5) is 0 Å². The highest BCUT2D eigenvalue weighted by Gasteiger charge is 2.02. The first-order chi connectivity index (χ1) is 6.20. The van der Waals surface area contributed by atoms with Crippen molar-refractivity contribution in [2.45, 2.75) is 0 Å². The molecule has 0 spiro atoms. The minimum atomic E-state index is 0.0524. The van der Waals surface area contributed by atoms with Gasteiger partial charge in [0.25, 0.3) is 5.56 Å².